The van der Waals surface area contributed by atoms with E-state index in [-0.39, 0.29) is 25.3 Å². The Hall–Kier alpha value is -3.72. The summed E-state index contributed by atoms with van der Waals surface area (Å²) in [5.74, 6) is -3.24. The number of aromatic nitrogens is 2. The lowest BCUT2D eigenvalue weighted by Crippen LogP contribution is -2.58. The predicted octanol–water partition coefficient (Wildman–Crippen LogP) is -3.24. The summed E-state index contributed by atoms with van der Waals surface area (Å²) in [5.41, 5.74) is 17.1. The summed E-state index contributed by atoms with van der Waals surface area (Å²) in [6, 6.07) is -4.45. The van der Waals surface area contributed by atoms with E-state index in [1.807, 2.05) is 0 Å². The molecule has 0 spiro atoms. The number of rotatable bonds is 13. The molecule has 2 rings (SSSR count). The average molecular weight is 510 g/mol. The van der Waals surface area contributed by atoms with Gasteiger partial charge in [-0.3, -0.25) is 19.4 Å². The van der Waals surface area contributed by atoms with Crippen molar-refractivity contribution < 1.29 is 29.4 Å². The number of carboxylic acids is 1. The summed E-state index contributed by atoms with van der Waals surface area (Å²) >= 11 is 0. The molecule has 15 heteroatoms. The normalized spacial score (nSPS) is 18.5. The number of carboxylic acid groups (broad SMARTS) is 1. The van der Waals surface area contributed by atoms with Crippen LogP contribution in [0, 0.1) is 0 Å². The van der Waals surface area contributed by atoms with Crippen molar-refractivity contribution >= 4 is 29.7 Å². The number of hydrogen-bond acceptors (Lipinski definition) is 8. The highest BCUT2D eigenvalue weighted by atomic mass is 16.4. The van der Waals surface area contributed by atoms with E-state index in [0.717, 1.165) is 0 Å². The number of nitrogens with zero attached hydrogens (tertiary/aromatic N) is 3. The molecule has 0 bridgehead atoms. The van der Waals surface area contributed by atoms with Crippen molar-refractivity contribution in [1.82, 2.24) is 25.5 Å². The molecule has 2 heterocycles. The third-order valence-electron chi connectivity index (χ3n) is 5.78. The van der Waals surface area contributed by atoms with Crippen LogP contribution in [0.5, 0.6) is 0 Å². The number of aromatic amines is 1. The summed E-state index contributed by atoms with van der Waals surface area (Å²) in [5, 5.41) is 23.9. The molecule has 0 aliphatic carbocycles. The number of H-pyrrole nitrogens is 1. The maximum atomic E-state index is 13.5. The number of carbonyl (C=O) groups excluding carboxylic acids is 3. The molecule has 1 fully saturated rings. The highest BCUT2D eigenvalue weighted by Gasteiger charge is 2.39. The van der Waals surface area contributed by atoms with E-state index in [1.54, 1.807) is 0 Å². The Bertz CT molecular complexity index is 932. The Balaban J connectivity index is 2.12. The summed E-state index contributed by atoms with van der Waals surface area (Å²) in [4.78, 5) is 62.4. The van der Waals surface area contributed by atoms with Gasteiger partial charge in [0.05, 0.1) is 18.5 Å². The number of aliphatic hydroxyl groups is 1. The number of likely N-dealkylation sites (tertiary alicyclic amines) is 1. The molecule has 1 saturated heterocycles. The van der Waals surface area contributed by atoms with Gasteiger partial charge in [0.15, 0.2) is 12.0 Å². The van der Waals surface area contributed by atoms with Crippen LogP contribution in [0.1, 0.15) is 38.3 Å². The maximum absolute atomic E-state index is 13.5. The summed E-state index contributed by atoms with van der Waals surface area (Å²) in [7, 11) is 0. The van der Waals surface area contributed by atoms with E-state index < -0.39 is 54.0 Å². The van der Waals surface area contributed by atoms with E-state index in [9.17, 15) is 29.4 Å². The van der Waals surface area contributed by atoms with Crippen molar-refractivity contribution in [3.8, 4) is 0 Å². The van der Waals surface area contributed by atoms with Gasteiger partial charge in [0.2, 0.25) is 17.7 Å². The van der Waals surface area contributed by atoms with Crippen LogP contribution in [0.15, 0.2) is 17.5 Å². The van der Waals surface area contributed by atoms with Gasteiger partial charge in [-0.05, 0) is 32.6 Å². The van der Waals surface area contributed by atoms with Crippen LogP contribution in [0.2, 0.25) is 0 Å². The maximum Gasteiger partial charge on any atom is 0.328 e. The highest BCUT2D eigenvalue weighted by molar-refractivity contribution is 5.94. The first-order valence-electron chi connectivity index (χ1n) is 11.6. The Labute approximate surface area is 207 Å². The van der Waals surface area contributed by atoms with E-state index in [0.29, 0.717) is 31.5 Å². The molecule has 15 nitrogen and oxygen atoms in total. The summed E-state index contributed by atoms with van der Waals surface area (Å²) < 4.78 is 0. The zero-order valence-corrected chi connectivity index (χ0v) is 20.1. The molecule has 3 amide bonds. The Morgan fingerprint density at radius 3 is 2.61 bits per heavy atom. The van der Waals surface area contributed by atoms with Gasteiger partial charge in [-0.25, -0.2) is 9.78 Å². The summed E-state index contributed by atoms with van der Waals surface area (Å²) in [6.45, 7) is 1.78. The molecule has 1 aromatic heterocycles. The fourth-order valence-electron chi connectivity index (χ4n) is 3.89. The zero-order chi connectivity index (χ0) is 26.8. The molecule has 0 radical (unpaired) electrons. The molecule has 0 saturated carbocycles. The number of aliphatic carboxylic acids is 1. The molecule has 1 aliphatic heterocycles. The monoisotopic (exact) mass is 509 g/mol. The van der Waals surface area contributed by atoms with Gasteiger partial charge in [-0.1, -0.05) is 0 Å². The number of nitrogens with two attached hydrogens (primary N) is 3. The molecular weight excluding hydrogens is 474 g/mol. The minimum Gasteiger partial charge on any atom is -0.480 e. The van der Waals surface area contributed by atoms with Gasteiger partial charge in [0, 0.05) is 31.4 Å². The zero-order valence-electron chi connectivity index (χ0n) is 20.1. The molecule has 11 N–H and O–H groups in total. The van der Waals surface area contributed by atoms with Crippen LogP contribution in [0.4, 0.5) is 0 Å². The number of amides is 3. The lowest BCUT2D eigenvalue weighted by molar-refractivity contribution is -0.147. The Morgan fingerprint density at radius 1 is 1.31 bits per heavy atom. The number of aliphatic imine (C=N–C) groups is 1. The largest absolute Gasteiger partial charge is 0.480 e. The van der Waals surface area contributed by atoms with Crippen LogP contribution in [0.3, 0.4) is 0 Å². The van der Waals surface area contributed by atoms with Gasteiger partial charge >= 0.3 is 5.97 Å². The van der Waals surface area contributed by atoms with Crippen molar-refractivity contribution in [2.75, 3.05) is 13.1 Å². The quantitative estimate of drug-likeness (QED) is 0.0748. The molecule has 5 unspecified atom stereocenters. The van der Waals surface area contributed by atoms with Crippen molar-refractivity contribution in [2.24, 2.45) is 22.2 Å². The van der Waals surface area contributed by atoms with E-state index in [4.69, 9.17) is 17.2 Å². The van der Waals surface area contributed by atoms with Gasteiger partial charge in [0.25, 0.3) is 0 Å². The van der Waals surface area contributed by atoms with Crippen molar-refractivity contribution in [1.29, 1.82) is 0 Å². The van der Waals surface area contributed by atoms with Crippen LogP contribution in [-0.2, 0) is 25.6 Å². The number of imidazole rings is 1. The number of guanidine groups is 1. The van der Waals surface area contributed by atoms with Crippen LogP contribution in [0.25, 0.3) is 0 Å². The van der Waals surface area contributed by atoms with E-state index in [2.05, 4.69) is 25.6 Å². The average Bonchev–Trinajstić information content (AvgIpc) is 3.50. The highest BCUT2D eigenvalue weighted by Crippen LogP contribution is 2.20. The fraction of sp³-hybridized carbons (Fsp3) is 0.619. The third-order valence-corrected chi connectivity index (χ3v) is 5.78. The minimum atomic E-state index is -1.52. The standard InChI is InChI=1S/C21H35N9O6/c1-11(31)16(20(35)36)29-18(33)15-5-3-7-30(15)19(34)14(8-12-9-25-10-27-12)28-17(32)13(22)4-2-6-26-21(23)24/h9-11,13-16,31H,2-8,22H2,1H3,(H,25,27)(H,28,32)(H,29,33)(H,35,36)(H4,23,24,26). The first kappa shape index (κ1) is 28.5. The third kappa shape index (κ3) is 8.20. The summed E-state index contributed by atoms with van der Waals surface area (Å²) in [6.07, 6.45) is 3.22. The number of aliphatic hydroxyl groups excluding tert-OH is 1. The molecule has 5 atom stereocenters. The topological polar surface area (TPSA) is 255 Å². The molecule has 1 aliphatic rings. The van der Waals surface area contributed by atoms with Gasteiger partial charge in [-0.2, -0.15) is 0 Å². The van der Waals surface area contributed by atoms with Gasteiger partial charge in [-0.15, -0.1) is 0 Å². The van der Waals surface area contributed by atoms with Crippen LogP contribution in [-0.4, -0.2) is 98.1 Å². The SMILES string of the molecule is CC(O)C(NC(=O)C1CCCN1C(=O)C(Cc1cnc[nH]1)NC(=O)C(N)CCCN=C(N)N)C(=O)O. The predicted molar refractivity (Wildman–Crippen MR) is 128 cm³/mol. The molecule has 36 heavy (non-hydrogen) atoms. The van der Waals surface area contributed by atoms with Crippen molar-refractivity contribution in [2.45, 2.75) is 69.3 Å². The van der Waals surface area contributed by atoms with Gasteiger partial charge in [0.1, 0.15) is 12.1 Å². The second kappa shape index (κ2) is 13.4. The molecule has 200 valence electrons. The Morgan fingerprint density at radius 2 is 2.03 bits per heavy atom. The lowest BCUT2D eigenvalue weighted by atomic mass is 10.1. The minimum absolute atomic E-state index is 0.0643. The molecular formula is C21H35N9O6. The number of carbonyl (C=O) groups is 4. The smallest absolute Gasteiger partial charge is 0.328 e. The number of nitrogens with one attached hydrogen (secondary N) is 3. The number of hydrogen-bond donors (Lipinski definition) is 8. The second-order valence-electron chi connectivity index (χ2n) is 8.65. The van der Waals surface area contributed by atoms with Crippen molar-refractivity contribution in [3.63, 3.8) is 0 Å². The van der Waals surface area contributed by atoms with E-state index >= 15 is 0 Å². The second-order valence-corrected chi connectivity index (χ2v) is 8.65. The van der Waals surface area contributed by atoms with Crippen molar-refractivity contribution in [3.05, 3.63) is 18.2 Å². The van der Waals surface area contributed by atoms with Crippen LogP contribution < -0.4 is 27.8 Å². The lowest BCUT2D eigenvalue weighted by Gasteiger charge is -2.30. The first-order chi connectivity index (χ1) is 17.0. The Kier molecular flexibility index (Phi) is 10.6. The first-order valence-corrected chi connectivity index (χ1v) is 11.6. The van der Waals surface area contributed by atoms with Gasteiger partial charge < -0.3 is 47.9 Å². The molecule has 0 aromatic carbocycles. The van der Waals surface area contributed by atoms with Crippen LogP contribution >= 0.6 is 0 Å². The fourth-order valence-corrected chi connectivity index (χ4v) is 3.89. The molecule has 1 aromatic rings. The van der Waals surface area contributed by atoms with E-state index in [1.165, 1.54) is 24.3 Å².